The van der Waals surface area contributed by atoms with Gasteiger partial charge in [0.1, 0.15) is 0 Å². The predicted octanol–water partition coefficient (Wildman–Crippen LogP) is 5.46. The number of benzene rings is 2. The summed E-state index contributed by atoms with van der Waals surface area (Å²) in [6, 6.07) is 14.2. The van der Waals surface area contributed by atoms with Crippen molar-refractivity contribution < 1.29 is 0 Å². The highest BCUT2D eigenvalue weighted by Gasteiger charge is 2.47. The fraction of sp³-hybridized carbons (Fsp3) is 0.400. The fourth-order valence-corrected chi connectivity index (χ4v) is 5.27. The van der Waals surface area contributed by atoms with Crippen LogP contribution in [-0.4, -0.2) is 12.6 Å². The number of aryl methyl sites for hydroxylation is 2. The molecule has 1 N–H and O–H groups in total. The third-order valence-electron chi connectivity index (χ3n) is 5.69. The molecule has 0 saturated carbocycles. The van der Waals surface area contributed by atoms with Crippen LogP contribution in [0.5, 0.6) is 0 Å². The molecule has 0 bridgehead atoms. The standard InChI is InChI=1S/C20H21ClIN.ClH/c1-13-2-3-14(10-18(13)21)12-20-8-9-23-19(20)7-4-15-11-16(22)5-6-17(15)20;/h2-3,5-6,10-11,19,23H,4,7-9,12H2,1H3;1H. The zero-order chi connectivity index (χ0) is 16.0. The van der Waals surface area contributed by atoms with Gasteiger partial charge in [-0.2, -0.15) is 0 Å². The van der Waals surface area contributed by atoms with Gasteiger partial charge in [0.05, 0.1) is 0 Å². The lowest BCUT2D eigenvalue weighted by Gasteiger charge is -2.41. The molecule has 2 unspecified atom stereocenters. The highest BCUT2D eigenvalue weighted by molar-refractivity contribution is 14.1. The van der Waals surface area contributed by atoms with E-state index in [0.29, 0.717) is 6.04 Å². The van der Waals surface area contributed by atoms with Crippen LogP contribution in [0.15, 0.2) is 36.4 Å². The van der Waals surface area contributed by atoms with Gasteiger partial charge < -0.3 is 5.32 Å². The zero-order valence-electron chi connectivity index (χ0n) is 13.7. The number of fused-ring (bicyclic) bond motifs is 3. The van der Waals surface area contributed by atoms with E-state index in [-0.39, 0.29) is 17.8 Å². The average molecular weight is 474 g/mol. The van der Waals surface area contributed by atoms with E-state index in [1.165, 1.54) is 28.4 Å². The van der Waals surface area contributed by atoms with Crippen LogP contribution in [-0.2, 0) is 18.3 Å². The molecule has 1 heterocycles. The zero-order valence-corrected chi connectivity index (χ0v) is 17.5. The molecule has 1 aliphatic heterocycles. The number of rotatable bonds is 2. The van der Waals surface area contributed by atoms with Crippen LogP contribution >= 0.6 is 46.6 Å². The largest absolute Gasteiger partial charge is 0.313 e. The Morgan fingerprint density at radius 1 is 1.25 bits per heavy atom. The van der Waals surface area contributed by atoms with E-state index < -0.39 is 0 Å². The first-order valence-corrected chi connectivity index (χ1v) is 9.81. The monoisotopic (exact) mass is 473 g/mol. The van der Waals surface area contributed by atoms with Gasteiger partial charge in [-0.3, -0.25) is 0 Å². The van der Waals surface area contributed by atoms with Gasteiger partial charge in [-0.15, -0.1) is 12.4 Å². The predicted molar refractivity (Wildman–Crippen MR) is 113 cm³/mol. The number of hydrogen-bond donors (Lipinski definition) is 1. The Morgan fingerprint density at radius 3 is 2.88 bits per heavy atom. The summed E-state index contributed by atoms with van der Waals surface area (Å²) >= 11 is 8.81. The molecule has 4 heteroatoms. The first-order valence-electron chi connectivity index (χ1n) is 8.36. The van der Waals surface area contributed by atoms with Crippen molar-refractivity contribution in [2.24, 2.45) is 0 Å². The van der Waals surface area contributed by atoms with Crippen molar-refractivity contribution in [2.75, 3.05) is 6.54 Å². The van der Waals surface area contributed by atoms with Crippen molar-refractivity contribution in [3.63, 3.8) is 0 Å². The molecule has 0 amide bonds. The van der Waals surface area contributed by atoms with Gasteiger partial charge in [-0.25, -0.2) is 0 Å². The molecule has 1 nitrogen and oxygen atoms in total. The van der Waals surface area contributed by atoms with Crippen LogP contribution in [0.25, 0.3) is 0 Å². The highest BCUT2D eigenvalue weighted by Crippen LogP contribution is 2.46. The van der Waals surface area contributed by atoms with Crippen molar-refractivity contribution in [2.45, 2.75) is 44.1 Å². The average Bonchev–Trinajstić information content (AvgIpc) is 2.94. The number of nitrogens with one attached hydrogen (secondary N) is 1. The molecule has 0 spiro atoms. The maximum atomic E-state index is 6.38. The normalized spacial score (nSPS) is 24.9. The third kappa shape index (κ3) is 3.11. The van der Waals surface area contributed by atoms with E-state index in [2.05, 4.69) is 71.2 Å². The summed E-state index contributed by atoms with van der Waals surface area (Å²) in [5.74, 6) is 0. The minimum Gasteiger partial charge on any atom is -0.313 e. The van der Waals surface area contributed by atoms with Gasteiger partial charge in [0.25, 0.3) is 0 Å². The van der Waals surface area contributed by atoms with Crippen molar-refractivity contribution in [3.8, 4) is 0 Å². The van der Waals surface area contributed by atoms with Gasteiger partial charge in [0.2, 0.25) is 0 Å². The highest BCUT2D eigenvalue weighted by atomic mass is 127. The molecule has 2 aromatic rings. The Morgan fingerprint density at radius 2 is 2.08 bits per heavy atom. The summed E-state index contributed by atoms with van der Waals surface area (Å²) in [6.07, 6.45) is 4.74. The van der Waals surface area contributed by atoms with Crippen LogP contribution in [0.3, 0.4) is 0 Å². The molecule has 1 saturated heterocycles. The summed E-state index contributed by atoms with van der Waals surface area (Å²) in [5, 5.41) is 4.66. The van der Waals surface area contributed by atoms with Crippen molar-refractivity contribution in [1.29, 1.82) is 0 Å². The minimum atomic E-state index is 0. The smallest absolute Gasteiger partial charge is 0.0437 e. The van der Waals surface area contributed by atoms with E-state index in [0.717, 1.165) is 23.6 Å². The summed E-state index contributed by atoms with van der Waals surface area (Å²) in [4.78, 5) is 0. The molecular weight excluding hydrogens is 452 g/mol. The Balaban J connectivity index is 0.00000169. The molecule has 128 valence electrons. The number of hydrogen-bond acceptors (Lipinski definition) is 1. The van der Waals surface area contributed by atoms with Gasteiger partial charge in [-0.05, 0) is 102 Å². The van der Waals surface area contributed by atoms with E-state index in [9.17, 15) is 0 Å². The lowest BCUT2D eigenvalue weighted by Crippen LogP contribution is -2.45. The van der Waals surface area contributed by atoms with E-state index in [1.807, 2.05) is 0 Å². The van der Waals surface area contributed by atoms with Crippen molar-refractivity contribution >= 4 is 46.6 Å². The fourth-order valence-electron chi connectivity index (χ4n) is 4.51. The summed E-state index contributed by atoms with van der Waals surface area (Å²) in [5.41, 5.74) is 5.87. The van der Waals surface area contributed by atoms with E-state index in [4.69, 9.17) is 11.6 Å². The van der Waals surface area contributed by atoms with Gasteiger partial charge in [0, 0.05) is 20.0 Å². The maximum Gasteiger partial charge on any atom is 0.0437 e. The SMILES string of the molecule is Cc1ccc(CC23CCNC2CCc2cc(I)ccc23)cc1Cl.Cl. The third-order valence-corrected chi connectivity index (χ3v) is 6.77. The summed E-state index contributed by atoms with van der Waals surface area (Å²) in [6.45, 7) is 3.19. The Bertz CT molecular complexity index is 761. The molecule has 1 aliphatic carbocycles. The molecule has 2 aliphatic rings. The minimum absolute atomic E-state index is 0. The topological polar surface area (TPSA) is 12.0 Å². The first kappa shape index (κ1) is 18.5. The van der Waals surface area contributed by atoms with Crippen LogP contribution in [0.1, 0.15) is 35.1 Å². The van der Waals surface area contributed by atoms with Crippen LogP contribution < -0.4 is 5.32 Å². The van der Waals surface area contributed by atoms with Crippen LogP contribution in [0, 0.1) is 10.5 Å². The van der Waals surface area contributed by atoms with Crippen molar-refractivity contribution in [1.82, 2.24) is 5.32 Å². The second kappa shape index (κ2) is 7.14. The maximum absolute atomic E-state index is 6.38. The molecule has 0 aromatic heterocycles. The molecule has 0 radical (unpaired) electrons. The first-order chi connectivity index (χ1) is 11.1. The summed E-state index contributed by atoms with van der Waals surface area (Å²) < 4.78 is 1.35. The van der Waals surface area contributed by atoms with Crippen molar-refractivity contribution in [3.05, 3.63) is 67.2 Å². The molecule has 2 aromatic carbocycles. The molecule has 1 fully saturated rings. The van der Waals surface area contributed by atoms with Gasteiger partial charge >= 0.3 is 0 Å². The van der Waals surface area contributed by atoms with Gasteiger partial charge in [-0.1, -0.05) is 29.8 Å². The number of halogens is 3. The lowest BCUT2D eigenvalue weighted by molar-refractivity contribution is 0.326. The Kier molecular flexibility index (Phi) is 5.51. The van der Waals surface area contributed by atoms with E-state index in [1.54, 1.807) is 11.1 Å². The lowest BCUT2D eigenvalue weighted by atomic mass is 9.64. The quantitative estimate of drug-likeness (QED) is 0.570. The molecular formula is C20H22Cl2IN. The molecule has 24 heavy (non-hydrogen) atoms. The molecule has 2 atom stereocenters. The molecule has 4 rings (SSSR count). The van der Waals surface area contributed by atoms with Crippen LogP contribution in [0.2, 0.25) is 5.02 Å². The van der Waals surface area contributed by atoms with E-state index >= 15 is 0 Å². The van der Waals surface area contributed by atoms with Crippen LogP contribution in [0.4, 0.5) is 0 Å². The Hall–Kier alpha value is -0.290. The van der Waals surface area contributed by atoms with Gasteiger partial charge in [0.15, 0.2) is 0 Å². The second-order valence-electron chi connectivity index (χ2n) is 7.01. The second-order valence-corrected chi connectivity index (χ2v) is 8.67. The summed E-state index contributed by atoms with van der Waals surface area (Å²) in [7, 11) is 0. The Labute approximate surface area is 169 Å².